The van der Waals surface area contributed by atoms with Crippen LogP contribution in [0.2, 0.25) is 0 Å². The van der Waals surface area contributed by atoms with Crippen LogP contribution in [-0.2, 0) is 4.74 Å². The minimum absolute atomic E-state index is 0.933. The molecule has 0 bridgehead atoms. The third kappa shape index (κ3) is 4.10. The van der Waals surface area contributed by atoms with E-state index in [0.717, 1.165) is 32.2 Å². The van der Waals surface area contributed by atoms with Crippen LogP contribution in [0.3, 0.4) is 0 Å². The lowest BCUT2D eigenvalue weighted by Gasteiger charge is -2.27. The van der Waals surface area contributed by atoms with E-state index < -0.39 is 0 Å². The third-order valence-electron chi connectivity index (χ3n) is 3.11. The van der Waals surface area contributed by atoms with Gasteiger partial charge in [-0.15, -0.1) is 0 Å². The van der Waals surface area contributed by atoms with Crippen molar-refractivity contribution in [1.82, 2.24) is 4.90 Å². The molecule has 13 heavy (non-hydrogen) atoms. The Balaban J connectivity index is 2.09. The van der Waals surface area contributed by atoms with Crippen LogP contribution in [0.4, 0.5) is 0 Å². The van der Waals surface area contributed by atoms with Crippen LogP contribution in [0.1, 0.15) is 33.1 Å². The Bertz CT molecular complexity index is 117. The molecule has 0 aliphatic carbocycles. The fourth-order valence-corrected chi connectivity index (χ4v) is 1.89. The lowest BCUT2D eigenvalue weighted by Crippen LogP contribution is -2.37. The summed E-state index contributed by atoms with van der Waals surface area (Å²) in [7, 11) is 0. The Morgan fingerprint density at radius 2 is 1.77 bits per heavy atom. The highest BCUT2D eigenvalue weighted by Gasteiger charge is 2.11. The average molecular weight is 185 g/mol. The van der Waals surface area contributed by atoms with Gasteiger partial charge < -0.3 is 4.74 Å². The summed E-state index contributed by atoms with van der Waals surface area (Å²) < 4.78 is 5.32. The van der Waals surface area contributed by atoms with Gasteiger partial charge in [-0.05, 0) is 18.9 Å². The van der Waals surface area contributed by atoms with Crippen molar-refractivity contribution in [1.29, 1.82) is 0 Å². The lowest BCUT2D eigenvalue weighted by atomic mass is 9.99. The first-order chi connectivity index (χ1) is 6.36. The molecule has 1 aliphatic heterocycles. The van der Waals surface area contributed by atoms with Crippen molar-refractivity contribution in [3.05, 3.63) is 0 Å². The molecule has 0 spiro atoms. The molecular weight excluding hydrogens is 162 g/mol. The number of nitrogens with zero attached hydrogens (tertiary/aromatic N) is 1. The van der Waals surface area contributed by atoms with Crippen LogP contribution in [0.25, 0.3) is 0 Å². The topological polar surface area (TPSA) is 12.5 Å². The molecule has 1 aliphatic rings. The average Bonchev–Trinajstić information content (AvgIpc) is 2.21. The van der Waals surface area contributed by atoms with E-state index >= 15 is 0 Å². The van der Waals surface area contributed by atoms with Crippen molar-refractivity contribution in [3.8, 4) is 0 Å². The zero-order valence-electron chi connectivity index (χ0n) is 9.09. The van der Waals surface area contributed by atoms with Crippen LogP contribution < -0.4 is 0 Å². The molecule has 0 unspecified atom stereocenters. The molecule has 0 N–H and O–H groups in total. The van der Waals surface area contributed by atoms with Crippen molar-refractivity contribution in [3.63, 3.8) is 0 Å². The van der Waals surface area contributed by atoms with E-state index in [2.05, 4.69) is 18.7 Å². The predicted molar refractivity (Wildman–Crippen MR) is 55.9 cm³/mol. The summed E-state index contributed by atoms with van der Waals surface area (Å²) in [6, 6.07) is 0. The second-order valence-electron chi connectivity index (χ2n) is 3.93. The van der Waals surface area contributed by atoms with E-state index in [9.17, 15) is 0 Å². The molecule has 0 atom stereocenters. The van der Waals surface area contributed by atoms with Gasteiger partial charge in [0.1, 0.15) is 0 Å². The highest BCUT2D eigenvalue weighted by atomic mass is 16.5. The summed E-state index contributed by atoms with van der Waals surface area (Å²) >= 11 is 0. The zero-order chi connectivity index (χ0) is 9.52. The van der Waals surface area contributed by atoms with Gasteiger partial charge >= 0.3 is 0 Å². The molecule has 78 valence electrons. The number of morpholine rings is 1. The van der Waals surface area contributed by atoms with Gasteiger partial charge in [-0.25, -0.2) is 0 Å². The van der Waals surface area contributed by atoms with Crippen LogP contribution >= 0.6 is 0 Å². The van der Waals surface area contributed by atoms with Gasteiger partial charge in [-0.3, -0.25) is 4.90 Å². The normalized spacial score (nSPS) is 19.6. The summed E-state index contributed by atoms with van der Waals surface area (Å²) in [5.74, 6) is 0.933. The minimum atomic E-state index is 0.933. The molecule has 1 fully saturated rings. The maximum atomic E-state index is 5.32. The van der Waals surface area contributed by atoms with Gasteiger partial charge in [-0.2, -0.15) is 0 Å². The van der Waals surface area contributed by atoms with E-state index in [1.165, 1.54) is 25.8 Å². The molecule has 0 radical (unpaired) electrons. The second kappa shape index (κ2) is 6.39. The summed E-state index contributed by atoms with van der Waals surface area (Å²) in [4.78, 5) is 2.53. The van der Waals surface area contributed by atoms with E-state index in [1.807, 2.05) is 0 Å². The monoisotopic (exact) mass is 185 g/mol. The van der Waals surface area contributed by atoms with Gasteiger partial charge in [-0.1, -0.05) is 26.7 Å². The van der Waals surface area contributed by atoms with Crippen LogP contribution in [0.5, 0.6) is 0 Å². The number of ether oxygens (including phenoxy) is 1. The third-order valence-corrected chi connectivity index (χ3v) is 3.11. The maximum absolute atomic E-state index is 5.32. The largest absolute Gasteiger partial charge is 0.379 e. The SMILES string of the molecule is CCC(CC)CCN1CCOCC1. The Hall–Kier alpha value is -0.0800. The van der Waals surface area contributed by atoms with Crippen LogP contribution in [0, 0.1) is 5.92 Å². The Morgan fingerprint density at radius 3 is 2.31 bits per heavy atom. The van der Waals surface area contributed by atoms with Crippen molar-refractivity contribution < 1.29 is 4.74 Å². The molecule has 0 aromatic rings. The van der Waals surface area contributed by atoms with E-state index in [4.69, 9.17) is 4.74 Å². The fraction of sp³-hybridized carbons (Fsp3) is 1.00. The predicted octanol–water partition coefficient (Wildman–Crippen LogP) is 2.14. The van der Waals surface area contributed by atoms with E-state index in [1.54, 1.807) is 0 Å². The van der Waals surface area contributed by atoms with Gasteiger partial charge in [0.25, 0.3) is 0 Å². The Labute approximate surface area is 82.3 Å². The van der Waals surface area contributed by atoms with Crippen molar-refractivity contribution in [2.45, 2.75) is 33.1 Å². The number of hydrogen-bond donors (Lipinski definition) is 0. The first-order valence-corrected chi connectivity index (χ1v) is 5.66. The molecule has 0 aromatic heterocycles. The summed E-state index contributed by atoms with van der Waals surface area (Å²) in [5, 5.41) is 0. The molecule has 0 saturated carbocycles. The lowest BCUT2D eigenvalue weighted by molar-refractivity contribution is 0.0352. The highest BCUT2D eigenvalue weighted by Crippen LogP contribution is 2.13. The maximum Gasteiger partial charge on any atom is 0.0594 e. The summed E-state index contributed by atoms with van der Waals surface area (Å²) in [6.07, 6.45) is 4.04. The molecule has 1 saturated heterocycles. The molecular formula is C11H23NO. The van der Waals surface area contributed by atoms with Gasteiger partial charge in [0.15, 0.2) is 0 Å². The Kier molecular flexibility index (Phi) is 5.40. The Morgan fingerprint density at radius 1 is 1.15 bits per heavy atom. The molecule has 1 rings (SSSR count). The first-order valence-electron chi connectivity index (χ1n) is 5.66. The van der Waals surface area contributed by atoms with Gasteiger partial charge in [0, 0.05) is 13.1 Å². The zero-order valence-corrected chi connectivity index (χ0v) is 9.09. The van der Waals surface area contributed by atoms with Crippen molar-refractivity contribution >= 4 is 0 Å². The number of hydrogen-bond acceptors (Lipinski definition) is 2. The quantitative estimate of drug-likeness (QED) is 0.650. The number of rotatable bonds is 5. The molecule has 0 aromatic carbocycles. The summed E-state index contributed by atoms with van der Waals surface area (Å²) in [6.45, 7) is 10.0. The van der Waals surface area contributed by atoms with Crippen molar-refractivity contribution in [2.75, 3.05) is 32.8 Å². The highest BCUT2D eigenvalue weighted by molar-refractivity contribution is 4.64. The minimum Gasteiger partial charge on any atom is -0.379 e. The fourth-order valence-electron chi connectivity index (χ4n) is 1.89. The van der Waals surface area contributed by atoms with Gasteiger partial charge in [0.05, 0.1) is 13.2 Å². The first kappa shape index (κ1) is 11.0. The van der Waals surface area contributed by atoms with E-state index in [-0.39, 0.29) is 0 Å². The van der Waals surface area contributed by atoms with Crippen LogP contribution in [-0.4, -0.2) is 37.7 Å². The van der Waals surface area contributed by atoms with Crippen molar-refractivity contribution in [2.24, 2.45) is 5.92 Å². The molecule has 2 nitrogen and oxygen atoms in total. The van der Waals surface area contributed by atoms with Gasteiger partial charge in [0.2, 0.25) is 0 Å². The van der Waals surface area contributed by atoms with Crippen LogP contribution in [0.15, 0.2) is 0 Å². The standard InChI is InChI=1S/C11H23NO/c1-3-11(4-2)5-6-12-7-9-13-10-8-12/h11H,3-10H2,1-2H3. The van der Waals surface area contributed by atoms with E-state index in [0.29, 0.717) is 0 Å². The molecule has 1 heterocycles. The smallest absolute Gasteiger partial charge is 0.0594 e. The summed E-state index contributed by atoms with van der Waals surface area (Å²) in [5.41, 5.74) is 0. The molecule has 2 heteroatoms. The second-order valence-corrected chi connectivity index (χ2v) is 3.93. The molecule has 0 amide bonds.